The summed E-state index contributed by atoms with van der Waals surface area (Å²) in [5.41, 5.74) is 6.30. The Morgan fingerprint density at radius 3 is 2.22 bits per heavy atom. The third-order valence-electron chi connectivity index (χ3n) is 4.72. The first-order valence-electron chi connectivity index (χ1n) is 9.47. The predicted molar refractivity (Wildman–Crippen MR) is 116 cm³/mol. The van der Waals surface area contributed by atoms with Gasteiger partial charge in [0.15, 0.2) is 17.0 Å². The van der Waals surface area contributed by atoms with E-state index in [1.54, 1.807) is 48.5 Å². The van der Waals surface area contributed by atoms with Gasteiger partial charge in [0.25, 0.3) is 0 Å². The van der Waals surface area contributed by atoms with Crippen LogP contribution in [0.25, 0.3) is 16.9 Å². The first-order valence-corrected chi connectivity index (χ1v) is 11.0. The van der Waals surface area contributed by atoms with Crippen LogP contribution in [0.4, 0.5) is 5.82 Å². The van der Waals surface area contributed by atoms with E-state index in [0.717, 1.165) is 0 Å². The molecule has 2 aromatic carbocycles. The maximum Gasteiger partial charge on any atom is 0.212 e. The SMILES string of the molecule is CCOc1ccc(-n2c(N)c(S(=O)(=O)c3ccccc3)c3nc(C#N)c(C#N)nc32)cc1. The van der Waals surface area contributed by atoms with Crippen molar-refractivity contribution in [2.75, 3.05) is 12.3 Å². The lowest BCUT2D eigenvalue weighted by Gasteiger charge is -2.09. The molecule has 0 amide bonds. The number of nitrogens with zero attached hydrogens (tertiary/aromatic N) is 5. The molecule has 9 nitrogen and oxygen atoms in total. The van der Waals surface area contributed by atoms with Gasteiger partial charge in [-0.05, 0) is 43.3 Å². The molecule has 0 saturated heterocycles. The zero-order valence-electron chi connectivity index (χ0n) is 16.8. The standard InChI is InChI=1S/C22H16N6O3S/c1-2-31-15-10-8-14(9-11-15)28-21(25)20(32(29,30)16-6-4-3-5-7-16)19-22(28)27-18(13-24)17(12-23)26-19/h3-11H,2,25H2,1H3. The van der Waals surface area contributed by atoms with Crippen LogP contribution in [0.1, 0.15) is 18.3 Å². The van der Waals surface area contributed by atoms with Crippen LogP contribution in [0, 0.1) is 22.7 Å². The number of anilines is 1. The zero-order chi connectivity index (χ0) is 22.9. The van der Waals surface area contributed by atoms with Crippen LogP contribution in [-0.4, -0.2) is 29.6 Å². The van der Waals surface area contributed by atoms with Gasteiger partial charge in [0, 0.05) is 5.69 Å². The monoisotopic (exact) mass is 444 g/mol. The van der Waals surface area contributed by atoms with Crippen LogP contribution in [0.5, 0.6) is 5.75 Å². The number of ether oxygens (including phenoxy) is 1. The number of benzene rings is 2. The molecular weight excluding hydrogens is 428 g/mol. The van der Waals surface area contributed by atoms with Crippen molar-refractivity contribution < 1.29 is 13.2 Å². The third kappa shape index (κ3) is 3.29. The fourth-order valence-corrected chi connectivity index (χ4v) is 4.84. The van der Waals surface area contributed by atoms with Crippen LogP contribution in [0.15, 0.2) is 64.4 Å². The Balaban J connectivity index is 2.08. The van der Waals surface area contributed by atoms with Gasteiger partial charge in [-0.15, -0.1) is 0 Å². The minimum Gasteiger partial charge on any atom is -0.494 e. The van der Waals surface area contributed by atoms with Crippen molar-refractivity contribution in [3.63, 3.8) is 0 Å². The number of sulfone groups is 1. The van der Waals surface area contributed by atoms with Crippen LogP contribution in [0.2, 0.25) is 0 Å². The molecule has 2 aromatic heterocycles. The highest BCUT2D eigenvalue weighted by atomic mass is 32.2. The van der Waals surface area contributed by atoms with Gasteiger partial charge in [0.1, 0.15) is 34.1 Å². The zero-order valence-corrected chi connectivity index (χ0v) is 17.7. The van der Waals surface area contributed by atoms with Crippen molar-refractivity contribution in [1.82, 2.24) is 14.5 Å². The molecule has 0 spiro atoms. The van der Waals surface area contributed by atoms with Crippen LogP contribution in [-0.2, 0) is 9.84 Å². The van der Waals surface area contributed by atoms with Crippen molar-refractivity contribution in [3.8, 4) is 23.6 Å². The molecule has 32 heavy (non-hydrogen) atoms. The van der Waals surface area contributed by atoms with Crippen LogP contribution in [0.3, 0.4) is 0 Å². The number of nitriles is 2. The number of nitrogen functional groups attached to an aromatic ring is 1. The Morgan fingerprint density at radius 1 is 1.00 bits per heavy atom. The molecule has 2 heterocycles. The number of hydrogen-bond donors (Lipinski definition) is 1. The summed E-state index contributed by atoms with van der Waals surface area (Å²) in [6.45, 7) is 2.35. The molecule has 4 aromatic rings. The Bertz CT molecular complexity index is 1510. The number of fused-ring (bicyclic) bond motifs is 1. The highest BCUT2D eigenvalue weighted by Crippen LogP contribution is 2.37. The maximum atomic E-state index is 13.5. The van der Waals surface area contributed by atoms with Gasteiger partial charge in [-0.25, -0.2) is 18.4 Å². The summed E-state index contributed by atoms with van der Waals surface area (Å²) in [4.78, 5) is 8.13. The molecule has 10 heteroatoms. The molecule has 0 fully saturated rings. The summed E-state index contributed by atoms with van der Waals surface area (Å²) >= 11 is 0. The molecule has 0 aliphatic carbocycles. The van der Waals surface area contributed by atoms with Crippen molar-refractivity contribution in [2.24, 2.45) is 0 Å². The van der Waals surface area contributed by atoms with E-state index in [1.807, 2.05) is 13.0 Å². The fraction of sp³-hybridized carbons (Fsp3) is 0.0909. The molecule has 0 radical (unpaired) electrons. The molecule has 0 bridgehead atoms. The topological polar surface area (TPSA) is 148 Å². The van der Waals surface area contributed by atoms with Crippen LogP contribution >= 0.6 is 0 Å². The van der Waals surface area contributed by atoms with Gasteiger partial charge in [0.05, 0.1) is 11.5 Å². The second-order valence-electron chi connectivity index (χ2n) is 6.61. The Labute approximate surface area is 183 Å². The first kappa shape index (κ1) is 20.8. The molecule has 0 atom stereocenters. The van der Waals surface area contributed by atoms with E-state index in [0.29, 0.717) is 18.0 Å². The number of hydrogen-bond acceptors (Lipinski definition) is 8. The normalized spacial score (nSPS) is 11.1. The van der Waals surface area contributed by atoms with Crippen molar-refractivity contribution in [1.29, 1.82) is 10.5 Å². The van der Waals surface area contributed by atoms with Gasteiger partial charge in [-0.2, -0.15) is 10.5 Å². The van der Waals surface area contributed by atoms with E-state index < -0.39 is 9.84 Å². The highest BCUT2D eigenvalue weighted by Gasteiger charge is 2.31. The lowest BCUT2D eigenvalue weighted by atomic mass is 10.3. The Morgan fingerprint density at radius 2 is 1.62 bits per heavy atom. The van der Waals surface area contributed by atoms with E-state index in [2.05, 4.69) is 9.97 Å². The summed E-state index contributed by atoms with van der Waals surface area (Å²) in [5, 5.41) is 18.8. The Kier molecular flexibility index (Phi) is 5.23. The maximum absolute atomic E-state index is 13.5. The molecular formula is C22H16N6O3S. The number of rotatable bonds is 5. The summed E-state index contributed by atoms with van der Waals surface area (Å²) in [6, 6.07) is 18.2. The summed E-state index contributed by atoms with van der Waals surface area (Å²) in [7, 11) is -4.11. The molecule has 0 aliphatic rings. The smallest absolute Gasteiger partial charge is 0.212 e. The average Bonchev–Trinajstić information content (AvgIpc) is 3.10. The predicted octanol–water partition coefficient (Wildman–Crippen LogP) is 2.98. The van der Waals surface area contributed by atoms with E-state index in [4.69, 9.17) is 10.5 Å². The Hall–Kier alpha value is -4.41. The highest BCUT2D eigenvalue weighted by molar-refractivity contribution is 7.92. The van der Waals surface area contributed by atoms with E-state index in [9.17, 15) is 18.9 Å². The first-order chi connectivity index (χ1) is 15.4. The lowest BCUT2D eigenvalue weighted by Crippen LogP contribution is -2.07. The summed E-state index contributed by atoms with van der Waals surface area (Å²) < 4.78 is 33.8. The molecule has 4 rings (SSSR count). The van der Waals surface area contributed by atoms with Gasteiger partial charge in [-0.1, -0.05) is 18.2 Å². The van der Waals surface area contributed by atoms with Crippen LogP contribution < -0.4 is 10.5 Å². The van der Waals surface area contributed by atoms with Gasteiger partial charge in [-0.3, -0.25) is 4.57 Å². The summed E-state index contributed by atoms with van der Waals surface area (Å²) in [5.74, 6) is 0.492. The largest absolute Gasteiger partial charge is 0.494 e. The van der Waals surface area contributed by atoms with E-state index in [1.165, 1.54) is 16.7 Å². The van der Waals surface area contributed by atoms with Crippen molar-refractivity contribution in [2.45, 2.75) is 16.7 Å². The van der Waals surface area contributed by atoms with Gasteiger partial charge < -0.3 is 10.5 Å². The van der Waals surface area contributed by atoms with Crippen molar-refractivity contribution >= 4 is 26.8 Å². The third-order valence-corrected chi connectivity index (χ3v) is 6.55. The molecule has 0 unspecified atom stereocenters. The number of nitrogens with two attached hydrogens (primary N) is 1. The summed E-state index contributed by atoms with van der Waals surface area (Å²) in [6.07, 6.45) is 0. The quantitative estimate of drug-likeness (QED) is 0.494. The second kappa shape index (κ2) is 8.02. The lowest BCUT2D eigenvalue weighted by molar-refractivity contribution is 0.340. The van der Waals surface area contributed by atoms with E-state index in [-0.39, 0.29) is 38.2 Å². The van der Waals surface area contributed by atoms with Gasteiger partial charge in [0.2, 0.25) is 9.84 Å². The minimum absolute atomic E-state index is 0.0158. The molecule has 2 N–H and O–H groups in total. The molecule has 0 aliphatic heterocycles. The van der Waals surface area contributed by atoms with E-state index >= 15 is 0 Å². The van der Waals surface area contributed by atoms with Crippen molar-refractivity contribution in [3.05, 3.63) is 66.0 Å². The number of aromatic nitrogens is 3. The van der Waals surface area contributed by atoms with Gasteiger partial charge >= 0.3 is 0 Å². The molecule has 0 saturated carbocycles. The average molecular weight is 444 g/mol. The molecule has 158 valence electrons. The minimum atomic E-state index is -4.11. The fourth-order valence-electron chi connectivity index (χ4n) is 3.33. The second-order valence-corrected chi connectivity index (χ2v) is 8.50.